The monoisotopic (exact) mass is 338 g/mol. The molecule has 24 heavy (non-hydrogen) atoms. The lowest BCUT2D eigenvalue weighted by molar-refractivity contribution is 0.536. The molecule has 0 amide bonds. The smallest absolute Gasteiger partial charge is 0.131 e. The second kappa shape index (κ2) is 6.90. The molecule has 0 saturated carbocycles. The summed E-state index contributed by atoms with van der Waals surface area (Å²) in [6.07, 6.45) is 3.49. The fourth-order valence-electron chi connectivity index (χ4n) is 2.42. The molecule has 0 radical (unpaired) electrons. The molecule has 0 spiro atoms. The second-order valence-corrected chi connectivity index (χ2v) is 6.39. The van der Waals surface area contributed by atoms with Crippen molar-refractivity contribution in [3.63, 3.8) is 0 Å². The molecule has 5 nitrogen and oxygen atoms in total. The first-order valence-electron chi connectivity index (χ1n) is 7.36. The van der Waals surface area contributed by atoms with E-state index in [2.05, 4.69) is 9.97 Å². The third-order valence-electron chi connectivity index (χ3n) is 3.71. The van der Waals surface area contributed by atoms with Crippen LogP contribution in [0.1, 0.15) is 11.3 Å². The van der Waals surface area contributed by atoms with E-state index in [-0.39, 0.29) is 5.75 Å². The molecule has 0 aliphatic rings. The predicted molar refractivity (Wildman–Crippen MR) is 94.7 cm³/mol. The number of rotatable bonds is 4. The third kappa shape index (κ3) is 3.67. The van der Waals surface area contributed by atoms with Crippen molar-refractivity contribution >= 4 is 16.9 Å². The number of anilines is 1. The zero-order valence-corrected chi connectivity index (χ0v) is 13.9. The number of hydrogen-bond donors (Lipinski definition) is 1. The molecule has 0 bridgehead atoms. The summed E-state index contributed by atoms with van der Waals surface area (Å²) in [4.78, 5) is 8.57. The van der Waals surface area contributed by atoms with Gasteiger partial charge in [-0.25, -0.2) is 4.98 Å². The van der Waals surface area contributed by atoms with E-state index in [9.17, 15) is 8.76 Å². The van der Waals surface area contributed by atoms with Gasteiger partial charge in [0.15, 0.2) is 0 Å². The Balaban J connectivity index is 1.96. The van der Waals surface area contributed by atoms with Gasteiger partial charge in [0.2, 0.25) is 0 Å². The molecule has 6 heteroatoms. The molecule has 3 rings (SSSR count). The Morgan fingerprint density at radius 1 is 1.00 bits per heavy atom. The lowest BCUT2D eigenvalue weighted by atomic mass is 10.0. The Labute approximate surface area is 142 Å². The van der Waals surface area contributed by atoms with Gasteiger partial charge in [0.1, 0.15) is 5.82 Å². The number of benzene rings is 1. The average Bonchev–Trinajstić information content (AvgIpc) is 2.56. The van der Waals surface area contributed by atoms with Crippen molar-refractivity contribution in [2.24, 2.45) is 0 Å². The van der Waals surface area contributed by atoms with Gasteiger partial charge in [0, 0.05) is 40.5 Å². The molecule has 122 valence electrons. The Kier molecular flexibility index (Phi) is 4.69. The molecule has 2 aromatic heterocycles. The van der Waals surface area contributed by atoms with Crippen LogP contribution in [-0.2, 0) is 16.8 Å². The minimum atomic E-state index is -2.09. The van der Waals surface area contributed by atoms with Crippen molar-refractivity contribution < 1.29 is 8.76 Å². The summed E-state index contributed by atoms with van der Waals surface area (Å²) in [6, 6.07) is 13.2. The van der Waals surface area contributed by atoms with Gasteiger partial charge in [-0.3, -0.25) is 9.19 Å². The number of pyridine rings is 2. The summed E-state index contributed by atoms with van der Waals surface area (Å²) in [5, 5.41) is 0. The fourth-order valence-corrected chi connectivity index (χ4v) is 2.89. The van der Waals surface area contributed by atoms with Gasteiger partial charge in [-0.05, 0) is 30.2 Å². The van der Waals surface area contributed by atoms with Gasteiger partial charge in [0.25, 0.3) is 0 Å². The van der Waals surface area contributed by atoms with Crippen molar-refractivity contribution in [3.8, 4) is 22.3 Å². The number of nitrogen functional groups attached to an aromatic ring is 1. The van der Waals surface area contributed by atoms with E-state index < -0.39 is 11.1 Å². The maximum absolute atomic E-state index is 10.8. The molecular formula is C18H16N3O2S-. The van der Waals surface area contributed by atoms with Gasteiger partial charge < -0.3 is 10.3 Å². The van der Waals surface area contributed by atoms with E-state index in [1.54, 1.807) is 24.5 Å². The summed E-state index contributed by atoms with van der Waals surface area (Å²) in [6.45, 7) is 1.93. The van der Waals surface area contributed by atoms with E-state index in [1.807, 2.05) is 37.3 Å². The summed E-state index contributed by atoms with van der Waals surface area (Å²) in [5.41, 5.74) is 11.3. The Morgan fingerprint density at radius 3 is 2.29 bits per heavy atom. The van der Waals surface area contributed by atoms with E-state index in [0.29, 0.717) is 5.82 Å². The first-order valence-corrected chi connectivity index (χ1v) is 8.61. The van der Waals surface area contributed by atoms with E-state index in [0.717, 1.165) is 33.5 Å². The molecule has 0 aliphatic heterocycles. The maximum Gasteiger partial charge on any atom is 0.131 e. The predicted octanol–water partition coefficient (Wildman–Crippen LogP) is 3.08. The van der Waals surface area contributed by atoms with Crippen molar-refractivity contribution in [2.45, 2.75) is 12.7 Å². The van der Waals surface area contributed by atoms with Crippen molar-refractivity contribution in [1.29, 1.82) is 0 Å². The van der Waals surface area contributed by atoms with E-state index in [1.165, 1.54) is 0 Å². The van der Waals surface area contributed by atoms with Gasteiger partial charge in [-0.1, -0.05) is 41.4 Å². The number of nitrogens with two attached hydrogens (primary N) is 1. The number of hydrogen-bond acceptors (Lipinski definition) is 5. The Bertz CT molecular complexity index is 878. The van der Waals surface area contributed by atoms with Crippen molar-refractivity contribution in [2.75, 3.05) is 5.73 Å². The van der Waals surface area contributed by atoms with Gasteiger partial charge in [0.05, 0.1) is 0 Å². The zero-order chi connectivity index (χ0) is 17.1. The summed E-state index contributed by atoms with van der Waals surface area (Å²) in [5.74, 6) is 0.461. The lowest BCUT2D eigenvalue weighted by Gasteiger charge is -2.10. The summed E-state index contributed by atoms with van der Waals surface area (Å²) >= 11 is -2.09. The standard InChI is InChI=1S/C18H17N3O2S/c1-12-2-5-15(9-20-12)17-8-16(10-21-18(17)19)14-6-3-13(4-7-14)11-24(22)23/h2-10H,11H2,1H3,(H2,19,21)(H,22,23)/p-1. The van der Waals surface area contributed by atoms with Gasteiger partial charge in [-0.2, -0.15) is 0 Å². The van der Waals surface area contributed by atoms with Crippen LogP contribution in [0.15, 0.2) is 54.9 Å². The zero-order valence-electron chi connectivity index (χ0n) is 13.1. The van der Waals surface area contributed by atoms with Gasteiger partial charge >= 0.3 is 0 Å². The highest BCUT2D eigenvalue weighted by Crippen LogP contribution is 2.29. The van der Waals surface area contributed by atoms with Crippen LogP contribution in [0, 0.1) is 6.92 Å². The lowest BCUT2D eigenvalue weighted by Crippen LogP contribution is -1.96. The molecule has 0 saturated heterocycles. The molecule has 1 aromatic carbocycles. The summed E-state index contributed by atoms with van der Waals surface area (Å²) < 4.78 is 21.5. The van der Waals surface area contributed by atoms with Crippen molar-refractivity contribution in [1.82, 2.24) is 9.97 Å². The van der Waals surface area contributed by atoms with E-state index >= 15 is 0 Å². The molecule has 2 heterocycles. The topological polar surface area (TPSA) is 91.9 Å². The average molecular weight is 338 g/mol. The third-order valence-corrected chi connectivity index (χ3v) is 4.28. The fraction of sp³-hybridized carbons (Fsp3) is 0.111. The SMILES string of the molecule is Cc1ccc(-c2cc(-c3ccc(CS(=O)[O-])cc3)cnc2N)cn1. The van der Waals surface area contributed by atoms with Crippen LogP contribution in [0.25, 0.3) is 22.3 Å². The number of aromatic nitrogens is 2. The molecular weight excluding hydrogens is 322 g/mol. The Hall–Kier alpha value is -2.57. The quantitative estimate of drug-likeness (QED) is 0.738. The molecule has 0 fully saturated rings. The highest BCUT2D eigenvalue weighted by molar-refractivity contribution is 7.78. The first-order chi connectivity index (χ1) is 11.5. The molecule has 1 unspecified atom stereocenters. The largest absolute Gasteiger partial charge is 0.772 e. The maximum atomic E-state index is 10.8. The van der Waals surface area contributed by atoms with Crippen LogP contribution in [0.3, 0.4) is 0 Å². The van der Waals surface area contributed by atoms with Crippen LogP contribution >= 0.6 is 0 Å². The van der Waals surface area contributed by atoms with Crippen molar-refractivity contribution in [3.05, 3.63) is 66.1 Å². The molecule has 0 aliphatic carbocycles. The van der Waals surface area contributed by atoms with Gasteiger partial charge in [-0.15, -0.1) is 0 Å². The summed E-state index contributed by atoms with van der Waals surface area (Å²) in [7, 11) is 0. The van der Waals surface area contributed by atoms with Crippen LogP contribution in [-0.4, -0.2) is 18.7 Å². The van der Waals surface area contributed by atoms with Crippen LogP contribution in [0.5, 0.6) is 0 Å². The Morgan fingerprint density at radius 2 is 1.67 bits per heavy atom. The normalized spacial score (nSPS) is 12.1. The van der Waals surface area contributed by atoms with Crippen LogP contribution < -0.4 is 5.73 Å². The molecule has 3 aromatic rings. The highest BCUT2D eigenvalue weighted by atomic mass is 32.2. The first kappa shape index (κ1) is 16.3. The molecule has 2 N–H and O–H groups in total. The second-order valence-electron chi connectivity index (χ2n) is 5.49. The molecule has 1 atom stereocenters. The number of nitrogens with zero attached hydrogens (tertiary/aromatic N) is 2. The van der Waals surface area contributed by atoms with Crippen LogP contribution in [0.2, 0.25) is 0 Å². The minimum absolute atomic E-state index is 0.0144. The van der Waals surface area contributed by atoms with Crippen LogP contribution in [0.4, 0.5) is 5.82 Å². The highest BCUT2D eigenvalue weighted by Gasteiger charge is 2.08. The minimum Gasteiger partial charge on any atom is -0.772 e. The van der Waals surface area contributed by atoms with E-state index in [4.69, 9.17) is 5.73 Å². The number of aryl methyl sites for hydroxylation is 1.